The van der Waals surface area contributed by atoms with E-state index in [4.69, 9.17) is 0 Å². The van der Waals surface area contributed by atoms with E-state index >= 15 is 0 Å². The summed E-state index contributed by atoms with van der Waals surface area (Å²) in [5.74, 6) is 0. The summed E-state index contributed by atoms with van der Waals surface area (Å²) in [5, 5.41) is 7.94. The van der Waals surface area contributed by atoms with Crippen molar-refractivity contribution in [2.45, 2.75) is 19.9 Å². The second-order valence-corrected chi connectivity index (χ2v) is 2.97. The highest BCUT2D eigenvalue weighted by atomic mass is 15.4. The van der Waals surface area contributed by atoms with Crippen LogP contribution in [0.5, 0.6) is 0 Å². The van der Waals surface area contributed by atoms with Crippen molar-refractivity contribution in [3.05, 3.63) is 18.3 Å². The maximum absolute atomic E-state index is 4.09. The molecule has 0 atom stereocenters. The van der Waals surface area contributed by atoms with Crippen molar-refractivity contribution in [1.29, 1.82) is 0 Å². The average molecular weight is 162 g/mol. The summed E-state index contributed by atoms with van der Waals surface area (Å²) in [6.45, 7) is 4.14. The molecule has 12 heavy (non-hydrogen) atoms. The van der Waals surface area contributed by atoms with Crippen molar-refractivity contribution in [3.63, 3.8) is 0 Å². The molecule has 0 N–H and O–H groups in total. The van der Waals surface area contributed by atoms with Gasteiger partial charge in [-0.25, -0.2) is 9.67 Å². The van der Waals surface area contributed by atoms with E-state index in [2.05, 4.69) is 29.1 Å². The molecule has 0 aliphatic heterocycles. The Kier molecular flexibility index (Phi) is 1.53. The lowest BCUT2D eigenvalue weighted by Crippen LogP contribution is -2.02. The molecule has 0 saturated carbocycles. The van der Waals surface area contributed by atoms with Crippen molar-refractivity contribution in [2.24, 2.45) is 0 Å². The van der Waals surface area contributed by atoms with Gasteiger partial charge in [0.05, 0.1) is 0 Å². The third-order valence-electron chi connectivity index (χ3n) is 1.74. The Balaban J connectivity index is 2.70. The van der Waals surface area contributed by atoms with Crippen molar-refractivity contribution >= 4 is 11.2 Å². The zero-order chi connectivity index (χ0) is 8.55. The predicted octanol–water partition coefficient (Wildman–Crippen LogP) is 1.41. The molecule has 62 valence electrons. The van der Waals surface area contributed by atoms with Crippen molar-refractivity contribution in [3.8, 4) is 0 Å². The maximum Gasteiger partial charge on any atom is 0.201 e. The fourth-order valence-electron chi connectivity index (χ4n) is 1.16. The molecule has 4 heteroatoms. The molecule has 4 nitrogen and oxygen atoms in total. The molecule has 0 spiro atoms. The summed E-state index contributed by atoms with van der Waals surface area (Å²) in [4.78, 5) is 4.09. The monoisotopic (exact) mass is 162 g/mol. The molecular formula is C8H10N4. The van der Waals surface area contributed by atoms with Crippen LogP contribution < -0.4 is 0 Å². The SMILES string of the molecule is CC(C)n1nnc2ncccc21. The highest BCUT2D eigenvalue weighted by Gasteiger charge is 2.05. The van der Waals surface area contributed by atoms with E-state index in [1.54, 1.807) is 6.20 Å². The summed E-state index contributed by atoms with van der Waals surface area (Å²) >= 11 is 0. The Hall–Kier alpha value is -1.45. The van der Waals surface area contributed by atoms with E-state index in [0.717, 1.165) is 5.52 Å². The molecule has 0 aliphatic rings. The lowest BCUT2D eigenvalue weighted by Gasteiger charge is -2.03. The fourth-order valence-corrected chi connectivity index (χ4v) is 1.16. The second kappa shape index (κ2) is 2.55. The third-order valence-corrected chi connectivity index (χ3v) is 1.74. The van der Waals surface area contributed by atoms with Gasteiger partial charge in [0.2, 0.25) is 5.65 Å². The molecule has 0 amide bonds. The lowest BCUT2D eigenvalue weighted by molar-refractivity contribution is 0.530. The molecule has 2 aromatic heterocycles. The van der Waals surface area contributed by atoms with Gasteiger partial charge in [-0.1, -0.05) is 5.21 Å². The first-order valence-electron chi connectivity index (χ1n) is 3.95. The van der Waals surface area contributed by atoms with Gasteiger partial charge in [-0.15, -0.1) is 5.10 Å². The number of hydrogen-bond donors (Lipinski definition) is 0. The Bertz CT molecular complexity index is 391. The van der Waals surface area contributed by atoms with Crippen LogP contribution >= 0.6 is 0 Å². The van der Waals surface area contributed by atoms with Crippen LogP contribution in [0.3, 0.4) is 0 Å². The average Bonchev–Trinajstić information content (AvgIpc) is 2.47. The van der Waals surface area contributed by atoms with E-state index in [9.17, 15) is 0 Å². The Morgan fingerprint density at radius 3 is 3.00 bits per heavy atom. The summed E-state index contributed by atoms with van der Waals surface area (Å²) in [5.41, 5.74) is 1.71. The van der Waals surface area contributed by atoms with Crippen molar-refractivity contribution in [1.82, 2.24) is 20.0 Å². The first kappa shape index (κ1) is 7.21. The number of rotatable bonds is 1. The van der Waals surface area contributed by atoms with Crippen LogP contribution in [0, 0.1) is 0 Å². The van der Waals surface area contributed by atoms with Crippen molar-refractivity contribution in [2.75, 3.05) is 0 Å². The summed E-state index contributed by atoms with van der Waals surface area (Å²) in [6.07, 6.45) is 1.72. The Morgan fingerprint density at radius 1 is 1.42 bits per heavy atom. The quantitative estimate of drug-likeness (QED) is 0.636. The molecule has 0 radical (unpaired) electrons. The molecule has 2 aromatic rings. The fraction of sp³-hybridized carbons (Fsp3) is 0.375. The first-order valence-corrected chi connectivity index (χ1v) is 3.95. The van der Waals surface area contributed by atoms with Gasteiger partial charge in [-0.3, -0.25) is 0 Å². The summed E-state index contributed by atoms with van der Waals surface area (Å²) in [6, 6.07) is 4.20. The maximum atomic E-state index is 4.09. The standard InChI is InChI=1S/C8H10N4/c1-6(2)12-7-4-3-5-9-8(7)10-11-12/h3-6H,1-2H3. The van der Waals surface area contributed by atoms with Gasteiger partial charge in [0.1, 0.15) is 5.52 Å². The molecule has 0 bridgehead atoms. The minimum absolute atomic E-state index is 0.333. The normalized spacial score (nSPS) is 11.2. The topological polar surface area (TPSA) is 43.6 Å². The number of hydrogen-bond acceptors (Lipinski definition) is 3. The van der Waals surface area contributed by atoms with Crippen LogP contribution in [0.25, 0.3) is 11.2 Å². The molecule has 0 aromatic carbocycles. The summed E-state index contributed by atoms with van der Waals surface area (Å²) in [7, 11) is 0. The van der Waals surface area contributed by atoms with Crippen LogP contribution in [-0.4, -0.2) is 20.0 Å². The van der Waals surface area contributed by atoms with Crippen LogP contribution in [0.1, 0.15) is 19.9 Å². The minimum atomic E-state index is 0.333. The number of fused-ring (bicyclic) bond motifs is 1. The van der Waals surface area contributed by atoms with E-state index in [0.29, 0.717) is 11.7 Å². The van der Waals surface area contributed by atoms with Crippen molar-refractivity contribution < 1.29 is 0 Å². The number of nitrogens with zero attached hydrogens (tertiary/aromatic N) is 4. The molecular weight excluding hydrogens is 152 g/mol. The lowest BCUT2D eigenvalue weighted by atomic mass is 10.3. The van der Waals surface area contributed by atoms with E-state index in [1.165, 1.54) is 0 Å². The van der Waals surface area contributed by atoms with Gasteiger partial charge in [0.25, 0.3) is 0 Å². The van der Waals surface area contributed by atoms with Crippen LogP contribution in [0.4, 0.5) is 0 Å². The molecule has 2 heterocycles. The molecule has 0 fully saturated rings. The van der Waals surface area contributed by atoms with E-state index < -0.39 is 0 Å². The van der Waals surface area contributed by atoms with Crippen LogP contribution in [0.15, 0.2) is 18.3 Å². The van der Waals surface area contributed by atoms with Gasteiger partial charge in [-0.2, -0.15) is 0 Å². The smallest absolute Gasteiger partial charge is 0.201 e. The van der Waals surface area contributed by atoms with Gasteiger partial charge < -0.3 is 0 Å². The van der Waals surface area contributed by atoms with Crippen LogP contribution in [0.2, 0.25) is 0 Å². The summed E-state index contributed by atoms with van der Waals surface area (Å²) < 4.78 is 1.86. The van der Waals surface area contributed by atoms with Gasteiger partial charge in [-0.05, 0) is 26.0 Å². The zero-order valence-corrected chi connectivity index (χ0v) is 7.10. The highest BCUT2D eigenvalue weighted by molar-refractivity contribution is 5.68. The predicted molar refractivity (Wildman–Crippen MR) is 45.7 cm³/mol. The molecule has 2 rings (SSSR count). The third kappa shape index (κ3) is 0.958. The number of aromatic nitrogens is 4. The molecule has 0 aliphatic carbocycles. The molecule has 0 saturated heterocycles. The van der Waals surface area contributed by atoms with Gasteiger partial charge in [0, 0.05) is 12.2 Å². The zero-order valence-electron chi connectivity index (χ0n) is 7.10. The van der Waals surface area contributed by atoms with E-state index in [1.807, 2.05) is 16.8 Å². The highest BCUT2D eigenvalue weighted by Crippen LogP contribution is 2.11. The Labute approximate surface area is 70.2 Å². The minimum Gasteiger partial charge on any atom is -0.240 e. The van der Waals surface area contributed by atoms with E-state index in [-0.39, 0.29) is 0 Å². The molecule has 0 unspecified atom stereocenters. The largest absolute Gasteiger partial charge is 0.240 e. The van der Waals surface area contributed by atoms with Crippen LogP contribution in [-0.2, 0) is 0 Å². The Morgan fingerprint density at radius 2 is 2.25 bits per heavy atom. The first-order chi connectivity index (χ1) is 5.79. The van der Waals surface area contributed by atoms with Gasteiger partial charge >= 0.3 is 0 Å². The second-order valence-electron chi connectivity index (χ2n) is 2.97. The van der Waals surface area contributed by atoms with Gasteiger partial charge in [0.15, 0.2) is 0 Å². The number of pyridine rings is 1.